The summed E-state index contributed by atoms with van der Waals surface area (Å²) >= 11 is 0. The number of anilines is 2. The van der Waals surface area contributed by atoms with E-state index in [4.69, 9.17) is 0 Å². The van der Waals surface area contributed by atoms with Crippen LogP contribution in [0.15, 0.2) is 60.7 Å². The zero-order valence-electron chi connectivity index (χ0n) is 13.7. The van der Waals surface area contributed by atoms with Gasteiger partial charge in [-0.15, -0.1) is 0 Å². The second kappa shape index (κ2) is 7.91. The Balaban J connectivity index is 1.62. The van der Waals surface area contributed by atoms with Gasteiger partial charge in [0, 0.05) is 47.7 Å². The van der Waals surface area contributed by atoms with Crippen LogP contribution in [0.1, 0.15) is 11.1 Å². The molecule has 0 saturated carbocycles. The Bertz CT molecular complexity index is 841. The van der Waals surface area contributed by atoms with Crippen molar-refractivity contribution in [2.75, 3.05) is 10.6 Å². The van der Waals surface area contributed by atoms with Crippen molar-refractivity contribution in [1.29, 1.82) is 0 Å². The Labute approximate surface area is 148 Å². The van der Waals surface area contributed by atoms with Crippen LogP contribution < -0.4 is 10.6 Å². The van der Waals surface area contributed by atoms with Gasteiger partial charge in [0.05, 0.1) is 0 Å². The highest BCUT2D eigenvalue weighted by atomic mass is 19.1. The number of benzene rings is 3. The molecule has 0 spiro atoms. The molecular formula is C20H16F4N2. The van der Waals surface area contributed by atoms with Crippen LogP contribution in [0.4, 0.5) is 28.9 Å². The van der Waals surface area contributed by atoms with Crippen LogP contribution in [0.5, 0.6) is 0 Å². The topological polar surface area (TPSA) is 24.1 Å². The molecule has 0 aliphatic carbocycles. The van der Waals surface area contributed by atoms with E-state index < -0.39 is 23.3 Å². The highest BCUT2D eigenvalue weighted by molar-refractivity contribution is 5.57. The van der Waals surface area contributed by atoms with E-state index in [0.717, 1.165) is 23.5 Å². The first kappa shape index (κ1) is 17.8. The van der Waals surface area contributed by atoms with Crippen LogP contribution in [-0.4, -0.2) is 0 Å². The zero-order chi connectivity index (χ0) is 18.5. The fourth-order valence-electron chi connectivity index (χ4n) is 2.46. The highest BCUT2D eigenvalue weighted by Crippen LogP contribution is 2.19. The Morgan fingerprint density at radius 2 is 1.04 bits per heavy atom. The molecule has 26 heavy (non-hydrogen) atoms. The lowest BCUT2D eigenvalue weighted by Gasteiger charge is -2.11. The maximum absolute atomic E-state index is 13.7. The van der Waals surface area contributed by atoms with Gasteiger partial charge in [-0.2, -0.15) is 0 Å². The molecule has 0 saturated heterocycles. The van der Waals surface area contributed by atoms with Crippen LogP contribution in [0.25, 0.3) is 0 Å². The Hall–Kier alpha value is -3.02. The van der Waals surface area contributed by atoms with E-state index in [-0.39, 0.29) is 13.1 Å². The summed E-state index contributed by atoms with van der Waals surface area (Å²) in [6.45, 7) is 0.393. The second-order valence-electron chi connectivity index (χ2n) is 5.76. The summed E-state index contributed by atoms with van der Waals surface area (Å²) in [5, 5.41) is 6.11. The third kappa shape index (κ3) is 4.53. The molecule has 0 atom stereocenters. The lowest BCUT2D eigenvalue weighted by atomic mass is 10.2. The van der Waals surface area contributed by atoms with E-state index in [1.165, 1.54) is 24.3 Å². The van der Waals surface area contributed by atoms with Crippen molar-refractivity contribution in [2.24, 2.45) is 0 Å². The number of halogens is 4. The molecule has 2 N–H and O–H groups in total. The number of hydrogen-bond donors (Lipinski definition) is 2. The van der Waals surface area contributed by atoms with Crippen LogP contribution in [-0.2, 0) is 13.1 Å². The van der Waals surface area contributed by atoms with Crippen molar-refractivity contribution in [2.45, 2.75) is 13.1 Å². The van der Waals surface area contributed by atoms with E-state index in [1.807, 2.05) is 0 Å². The van der Waals surface area contributed by atoms with Gasteiger partial charge in [-0.3, -0.25) is 0 Å². The van der Waals surface area contributed by atoms with Gasteiger partial charge in [0.1, 0.15) is 23.3 Å². The summed E-state index contributed by atoms with van der Waals surface area (Å²) < 4.78 is 53.2. The monoisotopic (exact) mass is 360 g/mol. The number of nitrogens with one attached hydrogen (secondary N) is 2. The molecule has 0 aliphatic rings. The summed E-state index contributed by atoms with van der Waals surface area (Å²) in [5.74, 6) is -2.46. The van der Waals surface area contributed by atoms with E-state index in [9.17, 15) is 17.6 Å². The third-order valence-corrected chi connectivity index (χ3v) is 3.86. The predicted molar refractivity (Wildman–Crippen MR) is 93.8 cm³/mol. The van der Waals surface area contributed by atoms with Crippen molar-refractivity contribution in [3.63, 3.8) is 0 Å². The van der Waals surface area contributed by atoms with Crippen LogP contribution in [0.2, 0.25) is 0 Å². The minimum absolute atomic E-state index is 0.197. The Morgan fingerprint density at radius 3 is 1.46 bits per heavy atom. The van der Waals surface area contributed by atoms with E-state index in [2.05, 4.69) is 10.6 Å². The lowest BCUT2D eigenvalue weighted by molar-refractivity contribution is 0.573. The van der Waals surface area contributed by atoms with Crippen LogP contribution >= 0.6 is 0 Å². The minimum Gasteiger partial charge on any atom is -0.381 e. The Kier molecular flexibility index (Phi) is 5.41. The highest BCUT2D eigenvalue weighted by Gasteiger charge is 2.05. The van der Waals surface area contributed by atoms with Crippen LogP contribution in [0, 0.1) is 23.3 Å². The first-order valence-corrected chi connectivity index (χ1v) is 7.97. The van der Waals surface area contributed by atoms with Gasteiger partial charge in [-0.1, -0.05) is 18.2 Å². The second-order valence-corrected chi connectivity index (χ2v) is 5.76. The SMILES string of the molecule is Fc1ccc(CNc2cccc(NCc3ccc(F)cc3F)c2)c(F)c1. The van der Waals surface area contributed by atoms with E-state index in [0.29, 0.717) is 11.1 Å². The van der Waals surface area contributed by atoms with Gasteiger partial charge in [-0.05, 0) is 30.3 Å². The molecule has 0 fully saturated rings. The van der Waals surface area contributed by atoms with Crippen molar-refractivity contribution < 1.29 is 17.6 Å². The Morgan fingerprint density at radius 1 is 0.577 bits per heavy atom. The summed E-state index contributed by atoms with van der Waals surface area (Å²) in [6, 6.07) is 14.0. The fraction of sp³-hybridized carbons (Fsp3) is 0.100. The molecule has 3 rings (SSSR count). The third-order valence-electron chi connectivity index (χ3n) is 3.86. The fourth-order valence-corrected chi connectivity index (χ4v) is 2.46. The maximum atomic E-state index is 13.7. The smallest absolute Gasteiger partial charge is 0.131 e. The van der Waals surface area contributed by atoms with Crippen molar-refractivity contribution in [3.05, 3.63) is 95.1 Å². The molecule has 2 nitrogen and oxygen atoms in total. The summed E-state index contributed by atoms with van der Waals surface area (Å²) in [7, 11) is 0. The molecular weight excluding hydrogens is 344 g/mol. The molecule has 0 bridgehead atoms. The normalized spacial score (nSPS) is 10.6. The number of hydrogen-bond acceptors (Lipinski definition) is 2. The average Bonchev–Trinajstić information content (AvgIpc) is 2.61. The first-order valence-electron chi connectivity index (χ1n) is 7.97. The molecule has 0 amide bonds. The number of rotatable bonds is 6. The summed E-state index contributed by atoms with van der Waals surface area (Å²) in [4.78, 5) is 0. The minimum atomic E-state index is -0.620. The molecule has 0 aromatic heterocycles. The van der Waals surface area contributed by atoms with Crippen molar-refractivity contribution in [1.82, 2.24) is 0 Å². The van der Waals surface area contributed by atoms with Crippen molar-refractivity contribution >= 4 is 11.4 Å². The van der Waals surface area contributed by atoms with Gasteiger partial charge in [0.25, 0.3) is 0 Å². The van der Waals surface area contributed by atoms with Crippen LogP contribution in [0.3, 0.4) is 0 Å². The molecule has 3 aromatic rings. The quantitative estimate of drug-likeness (QED) is 0.570. The molecule has 0 aliphatic heterocycles. The maximum Gasteiger partial charge on any atom is 0.131 e. The van der Waals surface area contributed by atoms with Crippen molar-refractivity contribution in [3.8, 4) is 0 Å². The zero-order valence-corrected chi connectivity index (χ0v) is 13.7. The first-order chi connectivity index (χ1) is 12.5. The van der Waals surface area contributed by atoms with Gasteiger partial charge in [-0.25, -0.2) is 17.6 Å². The van der Waals surface area contributed by atoms with Gasteiger partial charge >= 0.3 is 0 Å². The summed E-state index contributed by atoms with van der Waals surface area (Å²) in [6.07, 6.45) is 0. The predicted octanol–water partition coefficient (Wildman–Crippen LogP) is 5.47. The van der Waals surface area contributed by atoms with Gasteiger partial charge in [0.2, 0.25) is 0 Å². The molecule has 3 aromatic carbocycles. The lowest BCUT2D eigenvalue weighted by Crippen LogP contribution is -2.04. The average molecular weight is 360 g/mol. The molecule has 0 radical (unpaired) electrons. The molecule has 0 heterocycles. The van der Waals surface area contributed by atoms with E-state index in [1.54, 1.807) is 24.3 Å². The summed E-state index contributed by atoms with van der Waals surface area (Å²) in [5.41, 5.74) is 2.13. The largest absolute Gasteiger partial charge is 0.381 e. The molecule has 0 unspecified atom stereocenters. The van der Waals surface area contributed by atoms with E-state index >= 15 is 0 Å². The van der Waals surface area contributed by atoms with Gasteiger partial charge < -0.3 is 10.6 Å². The van der Waals surface area contributed by atoms with Gasteiger partial charge in [0.15, 0.2) is 0 Å². The standard InChI is InChI=1S/C20H16F4N2/c21-15-6-4-13(19(23)8-15)11-25-17-2-1-3-18(10-17)26-12-14-5-7-16(22)9-20(14)24/h1-10,25-26H,11-12H2. The molecule has 6 heteroatoms. The molecule has 134 valence electrons.